The fraction of sp³-hybridized carbons (Fsp3) is 0.714. The van der Waals surface area contributed by atoms with Gasteiger partial charge in [-0.3, -0.25) is 0 Å². The van der Waals surface area contributed by atoms with Gasteiger partial charge in [0.15, 0.2) is 0 Å². The Morgan fingerprint density at radius 1 is 1.33 bits per heavy atom. The second-order valence-corrected chi connectivity index (χ2v) is 4.94. The summed E-state index contributed by atoms with van der Waals surface area (Å²) >= 11 is 0. The molecule has 1 rings (SSSR count). The Balaban J connectivity index is 2.90. The topological polar surface area (TPSA) is 41.1 Å². The van der Waals surface area contributed by atoms with Crippen LogP contribution < -0.4 is 10.2 Å². The van der Waals surface area contributed by atoms with Crippen LogP contribution in [0.5, 0.6) is 0 Å². The second kappa shape index (κ2) is 7.19. The molecular weight excluding hydrogens is 224 g/mol. The number of aryl methyl sites for hydroxylation is 1. The summed E-state index contributed by atoms with van der Waals surface area (Å²) < 4.78 is 0. The van der Waals surface area contributed by atoms with Crippen LogP contribution in [-0.2, 0) is 0 Å². The number of rotatable bonds is 7. The predicted molar refractivity (Wildman–Crippen MR) is 78.3 cm³/mol. The molecule has 1 aromatic heterocycles. The third kappa shape index (κ3) is 3.86. The van der Waals surface area contributed by atoms with Gasteiger partial charge in [0.2, 0.25) is 5.95 Å². The largest absolute Gasteiger partial charge is 0.357 e. The van der Waals surface area contributed by atoms with Crippen molar-refractivity contribution >= 4 is 11.8 Å². The second-order valence-electron chi connectivity index (χ2n) is 4.94. The van der Waals surface area contributed by atoms with Gasteiger partial charge in [-0.05, 0) is 27.2 Å². The predicted octanol–water partition coefficient (Wildman–Crippen LogP) is 3.23. The average Bonchev–Trinajstić information content (AvgIpc) is 2.35. The zero-order valence-corrected chi connectivity index (χ0v) is 12.3. The van der Waals surface area contributed by atoms with Crippen molar-refractivity contribution in [2.45, 2.75) is 53.0 Å². The smallest absolute Gasteiger partial charge is 0.224 e. The lowest BCUT2D eigenvalue weighted by atomic mass is 10.2. The van der Waals surface area contributed by atoms with Crippen molar-refractivity contribution in [3.05, 3.63) is 11.8 Å². The highest BCUT2D eigenvalue weighted by atomic mass is 15.2. The highest BCUT2D eigenvalue weighted by molar-refractivity contribution is 5.49. The van der Waals surface area contributed by atoms with Crippen LogP contribution in [0.1, 0.15) is 45.6 Å². The Bertz CT molecular complexity index is 363. The lowest BCUT2D eigenvalue weighted by Gasteiger charge is -2.29. The Morgan fingerprint density at radius 2 is 2.06 bits per heavy atom. The lowest BCUT2D eigenvalue weighted by molar-refractivity contribution is 0.618. The highest BCUT2D eigenvalue weighted by Crippen LogP contribution is 2.21. The van der Waals surface area contributed by atoms with Gasteiger partial charge in [0.05, 0.1) is 0 Å². The molecular formula is C14H26N4. The Kier molecular flexibility index (Phi) is 5.89. The summed E-state index contributed by atoms with van der Waals surface area (Å²) in [6.45, 7) is 9.80. The van der Waals surface area contributed by atoms with Crippen molar-refractivity contribution in [3.63, 3.8) is 0 Å². The average molecular weight is 250 g/mol. The first kappa shape index (κ1) is 14.7. The first-order valence-electron chi connectivity index (χ1n) is 6.88. The molecule has 0 aliphatic rings. The number of hydrogen-bond donors (Lipinski definition) is 1. The molecule has 4 heteroatoms. The van der Waals surface area contributed by atoms with E-state index in [1.807, 2.05) is 13.2 Å². The van der Waals surface area contributed by atoms with E-state index < -0.39 is 0 Å². The molecule has 0 bridgehead atoms. The minimum Gasteiger partial charge on any atom is -0.357 e. The standard InChI is InChI=1S/C14H26N4/c1-6-7-8-9-18(11(2)3)13-12(4)10-16-14(15-5)17-13/h10-11H,6-9H2,1-5H3,(H,15,16,17). The maximum Gasteiger partial charge on any atom is 0.224 e. The van der Waals surface area contributed by atoms with Crippen molar-refractivity contribution in [1.29, 1.82) is 0 Å². The van der Waals surface area contributed by atoms with Gasteiger partial charge in [0, 0.05) is 31.4 Å². The number of hydrogen-bond acceptors (Lipinski definition) is 4. The zero-order chi connectivity index (χ0) is 13.5. The van der Waals surface area contributed by atoms with Gasteiger partial charge >= 0.3 is 0 Å². The summed E-state index contributed by atoms with van der Waals surface area (Å²) in [5.41, 5.74) is 1.14. The van der Waals surface area contributed by atoms with Gasteiger partial charge in [0.25, 0.3) is 0 Å². The third-order valence-corrected chi connectivity index (χ3v) is 3.07. The van der Waals surface area contributed by atoms with Crippen LogP contribution in [0.25, 0.3) is 0 Å². The number of anilines is 2. The quantitative estimate of drug-likeness (QED) is 0.754. The number of nitrogens with zero attached hydrogens (tertiary/aromatic N) is 3. The number of aromatic nitrogens is 2. The minimum atomic E-state index is 0.458. The fourth-order valence-corrected chi connectivity index (χ4v) is 1.99. The summed E-state index contributed by atoms with van der Waals surface area (Å²) in [7, 11) is 1.85. The molecule has 0 unspecified atom stereocenters. The molecule has 0 aliphatic heterocycles. The summed E-state index contributed by atoms with van der Waals surface area (Å²) in [6.07, 6.45) is 5.62. The maximum atomic E-state index is 4.59. The molecule has 0 spiro atoms. The summed E-state index contributed by atoms with van der Waals surface area (Å²) in [4.78, 5) is 11.2. The van der Waals surface area contributed by atoms with E-state index in [9.17, 15) is 0 Å². The molecule has 0 radical (unpaired) electrons. The van der Waals surface area contributed by atoms with Gasteiger partial charge in [-0.25, -0.2) is 4.98 Å². The molecule has 1 heterocycles. The van der Waals surface area contributed by atoms with Gasteiger partial charge in [0.1, 0.15) is 5.82 Å². The molecule has 0 amide bonds. The highest BCUT2D eigenvalue weighted by Gasteiger charge is 2.15. The third-order valence-electron chi connectivity index (χ3n) is 3.07. The van der Waals surface area contributed by atoms with Crippen LogP contribution in [0.2, 0.25) is 0 Å². The van der Waals surface area contributed by atoms with Crippen LogP contribution in [-0.4, -0.2) is 29.6 Å². The molecule has 0 saturated carbocycles. The first-order valence-corrected chi connectivity index (χ1v) is 6.88. The van der Waals surface area contributed by atoms with Gasteiger partial charge in [-0.2, -0.15) is 4.98 Å². The van der Waals surface area contributed by atoms with E-state index in [0.29, 0.717) is 12.0 Å². The molecule has 102 valence electrons. The minimum absolute atomic E-state index is 0.458. The van der Waals surface area contributed by atoms with Crippen LogP contribution in [0.3, 0.4) is 0 Å². The molecule has 4 nitrogen and oxygen atoms in total. The number of unbranched alkanes of at least 4 members (excludes halogenated alkanes) is 2. The summed E-state index contributed by atoms with van der Waals surface area (Å²) in [5.74, 6) is 1.75. The fourth-order valence-electron chi connectivity index (χ4n) is 1.99. The molecule has 0 aromatic carbocycles. The Morgan fingerprint density at radius 3 is 2.61 bits per heavy atom. The molecule has 0 saturated heterocycles. The van der Waals surface area contributed by atoms with E-state index in [0.717, 1.165) is 17.9 Å². The van der Waals surface area contributed by atoms with E-state index in [4.69, 9.17) is 0 Å². The zero-order valence-electron chi connectivity index (χ0n) is 12.3. The SMILES string of the molecule is CCCCCN(c1nc(NC)ncc1C)C(C)C. The van der Waals surface area contributed by atoms with Crippen LogP contribution >= 0.6 is 0 Å². The summed E-state index contributed by atoms with van der Waals surface area (Å²) in [6, 6.07) is 0.458. The van der Waals surface area contributed by atoms with E-state index in [-0.39, 0.29) is 0 Å². The van der Waals surface area contributed by atoms with E-state index in [2.05, 4.69) is 47.9 Å². The normalized spacial score (nSPS) is 10.8. The van der Waals surface area contributed by atoms with Crippen molar-refractivity contribution < 1.29 is 0 Å². The van der Waals surface area contributed by atoms with E-state index in [1.165, 1.54) is 19.3 Å². The lowest BCUT2D eigenvalue weighted by Crippen LogP contribution is -2.33. The van der Waals surface area contributed by atoms with Crippen LogP contribution in [0.15, 0.2) is 6.20 Å². The number of nitrogens with one attached hydrogen (secondary N) is 1. The molecule has 0 aliphatic carbocycles. The molecule has 0 fully saturated rings. The summed E-state index contributed by atoms with van der Waals surface area (Å²) in [5, 5.41) is 3.01. The Hall–Kier alpha value is -1.32. The first-order chi connectivity index (χ1) is 8.60. The van der Waals surface area contributed by atoms with E-state index >= 15 is 0 Å². The van der Waals surface area contributed by atoms with Gasteiger partial charge < -0.3 is 10.2 Å². The van der Waals surface area contributed by atoms with Crippen molar-refractivity contribution in [2.24, 2.45) is 0 Å². The van der Waals surface area contributed by atoms with Crippen molar-refractivity contribution in [2.75, 3.05) is 23.8 Å². The Labute approximate surface area is 111 Å². The van der Waals surface area contributed by atoms with Crippen molar-refractivity contribution in [3.8, 4) is 0 Å². The molecule has 1 aromatic rings. The van der Waals surface area contributed by atoms with Gasteiger partial charge in [-0.15, -0.1) is 0 Å². The van der Waals surface area contributed by atoms with Gasteiger partial charge in [-0.1, -0.05) is 19.8 Å². The molecule has 18 heavy (non-hydrogen) atoms. The van der Waals surface area contributed by atoms with Crippen LogP contribution in [0, 0.1) is 6.92 Å². The monoisotopic (exact) mass is 250 g/mol. The molecule has 0 atom stereocenters. The molecule has 1 N–H and O–H groups in total. The van der Waals surface area contributed by atoms with Crippen molar-refractivity contribution in [1.82, 2.24) is 9.97 Å². The maximum absolute atomic E-state index is 4.59. The van der Waals surface area contributed by atoms with Crippen LogP contribution in [0.4, 0.5) is 11.8 Å². The van der Waals surface area contributed by atoms with E-state index in [1.54, 1.807) is 0 Å².